The maximum atomic E-state index is 10.3. The molecule has 4 nitrogen and oxygen atoms in total. The summed E-state index contributed by atoms with van der Waals surface area (Å²) in [7, 11) is 0. The van der Waals surface area contributed by atoms with Crippen LogP contribution in [0.2, 0.25) is 0 Å². The highest BCUT2D eigenvalue weighted by atomic mass is 16.4. The van der Waals surface area contributed by atoms with Gasteiger partial charge in [0.25, 0.3) is 0 Å². The van der Waals surface area contributed by atoms with Gasteiger partial charge in [0, 0.05) is 0 Å². The number of aromatic hydroxyl groups is 1. The molecule has 0 aliphatic heterocycles. The summed E-state index contributed by atoms with van der Waals surface area (Å²) in [6, 6.07) is 5.81. The minimum atomic E-state index is -1.11. The van der Waals surface area contributed by atoms with E-state index in [9.17, 15) is 4.79 Å². The Hall–Kier alpha value is -1.84. The second-order valence-electron chi connectivity index (χ2n) is 1.82. The van der Waals surface area contributed by atoms with Crippen LogP contribution in [0.4, 0.5) is 0 Å². The number of phenols is 1. The van der Waals surface area contributed by atoms with Gasteiger partial charge in [-0.05, 0) is 18.9 Å². The van der Waals surface area contributed by atoms with Gasteiger partial charge in [0.15, 0.2) is 0 Å². The molecule has 0 unspecified atom stereocenters. The van der Waals surface area contributed by atoms with E-state index >= 15 is 0 Å². The van der Waals surface area contributed by atoms with Crippen LogP contribution in [0.15, 0.2) is 24.3 Å². The van der Waals surface area contributed by atoms with Crippen molar-refractivity contribution in [2.45, 2.75) is 0 Å². The average Bonchev–Trinajstić information content (AvgIpc) is 2.08. The molecule has 0 fully saturated rings. The van der Waals surface area contributed by atoms with Crippen molar-refractivity contribution in [2.75, 3.05) is 0 Å². The highest BCUT2D eigenvalue weighted by Crippen LogP contribution is 2.14. The van der Waals surface area contributed by atoms with Crippen molar-refractivity contribution in [2.24, 2.45) is 0 Å². The molecule has 0 saturated heterocycles. The largest absolute Gasteiger partial charge is 0.507 e. The number of benzene rings is 1. The number of hydrogen-bond donors (Lipinski definition) is 3. The number of carboxylic acid groups (broad SMARTS) is 1. The number of nitrogens with one attached hydrogen (secondary N) is 1. The molecule has 0 amide bonds. The zero-order chi connectivity index (χ0) is 9.56. The Kier molecular flexibility index (Phi) is 4.15. The Balaban J connectivity index is 0.000000561. The molecule has 1 aromatic rings. The quantitative estimate of drug-likeness (QED) is 0.552. The maximum absolute atomic E-state index is 10.3. The molecular formula is C8H9NO3. The van der Waals surface area contributed by atoms with Gasteiger partial charge in [-0.15, -0.1) is 0 Å². The zero-order valence-electron chi connectivity index (χ0n) is 6.32. The van der Waals surface area contributed by atoms with Crippen LogP contribution < -0.4 is 0 Å². The molecular weight excluding hydrogens is 158 g/mol. The average molecular weight is 167 g/mol. The van der Waals surface area contributed by atoms with E-state index in [4.69, 9.17) is 15.6 Å². The van der Waals surface area contributed by atoms with Crippen LogP contribution in [0.25, 0.3) is 0 Å². The molecule has 0 saturated carbocycles. The third-order valence-electron chi connectivity index (χ3n) is 1.13. The first-order chi connectivity index (χ1) is 5.72. The van der Waals surface area contributed by atoms with Crippen molar-refractivity contribution < 1.29 is 15.0 Å². The minimum Gasteiger partial charge on any atom is -0.507 e. The topological polar surface area (TPSA) is 81.4 Å². The lowest BCUT2D eigenvalue weighted by Gasteiger charge is -1.95. The van der Waals surface area contributed by atoms with Gasteiger partial charge in [0.05, 0.1) is 0 Å². The van der Waals surface area contributed by atoms with Crippen molar-refractivity contribution >= 4 is 12.7 Å². The smallest absolute Gasteiger partial charge is 0.339 e. The van der Waals surface area contributed by atoms with Crippen LogP contribution in [0.5, 0.6) is 5.75 Å². The predicted molar refractivity (Wildman–Crippen MR) is 44.9 cm³/mol. The van der Waals surface area contributed by atoms with Crippen molar-refractivity contribution in [3.05, 3.63) is 29.8 Å². The van der Waals surface area contributed by atoms with Crippen LogP contribution in [0.1, 0.15) is 10.4 Å². The Morgan fingerprint density at radius 1 is 1.33 bits per heavy atom. The van der Waals surface area contributed by atoms with Gasteiger partial charge < -0.3 is 15.6 Å². The molecule has 0 spiro atoms. The van der Waals surface area contributed by atoms with E-state index in [-0.39, 0.29) is 11.3 Å². The fourth-order valence-electron chi connectivity index (χ4n) is 0.654. The summed E-state index contributed by atoms with van der Waals surface area (Å²) < 4.78 is 0. The molecule has 1 rings (SSSR count). The molecule has 0 atom stereocenters. The van der Waals surface area contributed by atoms with E-state index in [1.165, 1.54) is 12.1 Å². The number of rotatable bonds is 1. The van der Waals surface area contributed by atoms with Gasteiger partial charge in [-0.25, -0.2) is 4.79 Å². The van der Waals surface area contributed by atoms with Crippen LogP contribution in [0, 0.1) is 5.41 Å². The lowest BCUT2D eigenvalue weighted by Crippen LogP contribution is -1.95. The molecule has 4 heteroatoms. The summed E-state index contributed by atoms with van der Waals surface area (Å²) in [6.45, 7) is 2.50. The highest BCUT2D eigenvalue weighted by Gasteiger charge is 2.05. The first-order valence-electron chi connectivity index (χ1n) is 3.08. The third kappa shape index (κ3) is 2.42. The molecule has 0 aromatic heterocycles. The van der Waals surface area contributed by atoms with Gasteiger partial charge in [-0.3, -0.25) is 0 Å². The number of hydrogen-bond acceptors (Lipinski definition) is 3. The minimum absolute atomic E-state index is 0.0671. The normalized spacial score (nSPS) is 8.00. The van der Waals surface area contributed by atoms with Crippen LogP contribution in [-0.2, 0) is 0 Å². The lowest BCUT2D eigenvalue weighted by atomic mass is 10.2. The van der Waals surface area contributed by atoms with E-state index in [1.807, 2.05) is 0 Å². The Labute approximate surface area is 69.6 Å². The summed E-state index contributed by atoms with van der Waals surface area (Å²) >= 11 is 0. The molecule has 0 aliphatic carbocycles. The fourth-order valence-corrected chi connectivity index (χ4v) is 0.654. The Morgan fingerprint density at radius 2 is 1.83 bits per heavy atom. The molecule has 1 aromatic carbocycles. The van der Waals surface area contributed by atoms with E-state index in [1.54, 1.807) is 12.1 Å². The van der Waals surface area contributed by atoms with Crippen molar-refractivity contribution in [1.29, 1.82) is 5.41 Å². The second-order valence-corrected chi connectivity index (χ2v) is 1.82. The molecule has 0 aliphatic rings. The van der Waals surface area contributed by atoms with Crippen molar-refractivity contribution in [1.82, 2.24) is 0 Å². The summed E-state index contributed by atoms with van der Waals surface area (Å²) in [5, 5.41) is 22.8. The number of para-hydroxylation sites is 1. The molecule has 64 valence electrons. The maximum Gasteiger partial charge on any atom is 0.339 e. The highest BCUT2D eigenvalue weighted by molar-refractivity contribution is 5.90. The van der Waals surface area contributed by atoms with E-state index in [2.05, 4.69) is 6.72 Å². The Morgan fingerprint density at radius 3 is 2.17 bits per heavy atom. The van der Waals surface area contributed by atoms with Crippen LogP contribution in [0.3, 0.4) is 0 Å². The van der Waals surface area contributed by atoms with Crippen molar-refractivity contribution in [3.63, 3.8) is 0 Å². The standard InChI is InChI=1S/C7H6O3.CH3N/c8-6-4-2-1-3-5(6)7(9)10;1-2/h1-4,8H,(H,9,10);2H,1H2. The molecule has 0 bridgehead atoms. The summed E-state index contributed by atoms with van der Waals surface area (Å²) in [5.74, 6) is -1.31. The molecule has 0 heterocycles. The van der Waals surface area contributed by atoms with Gasteiger partial charge in [0.1, 0.15) is 11.3 Å². The van der Waals surface area contributed by atoms with Crippen LogP contribution in [-0.4, -0.2) is 22.9 Å². The summed E-state index contributed by atoms with van der Waals surface area (Å²) in [5.41, 5.74) is -0.0671. The van der Waals surface area contributed by atoms with Crippen molar-refractivity contribution in [3.8, 4) is 5.75 Å². The van der Waals surface area contributed by atoms with Gasteiger partial charge in [-0.1, -0.05) is 12.1 Å². The van der Waals surface area contributed by atoms with E-state index in [0.29, 0.717) is 0 Å². The summed E-state index contributed by atoms with van der Waals surface area (Å²) in [4.78, 5) is 10.3. The monoisotopic (exact) mass is 167 g/mol. The SMILES string of the molecule is C=N.O=C(O)c1ccccc1O. The third-order valence-corrected chi connectivity index (χ3v) is 1.13. The number of carbonyl (C=O) groups is 1. The molecule has 12 heavy (non-hydrogen) atoms. The number of aromatic carboxylic acids is 1. The van der Waals surface area contributed by atoms with E-state index < -0.39 is 5.97 Å². The molecule has 0 radical (unpaired) electrons. The lowest BCUT2D eigenvalue weighted by molar-refractivity contribution is 0.0694. The molecule has 3 N–H and O–H groups in total. The fraction of sp³-hybridized carbons (Fsp3) is 0. The van der Waals surface area contributed by atoms with Gasteiger partial charge in [-0.2, -0.15) is 0 Å². The zero-order valence-corrected chi connectivity index (χ0v) is 6.32. The first-order valence-corrected chi connectivity index (χ1v) is 3.08. The summed E-state index contributed by atoms with van der Waals surface area (Å²) in [6.07, 6.45) is 0. The Bertz CT molecular complexity index is 273. The van der Waals surface area contributed by atoms with Gasteiger partial charge >= 0.3 is 5.97 Å². The van der Waals surface area contributed by atoms with Crippen LogP contribution >= 0.6 is 0 Å². The van der Waals surface area contributed by atoms with E-state index in [0.717, 1.165) is 0 Å². The predicted octanol–water partition coefficient (Wildman–Crippen LogP) is 1.36. The number of carboxylic acids is 1. The first kappa shape index (κ1) is 10.2. The second kappa shape index (κ2) is 4.90. The van der Waals surface area contributed by atoms with Gasteiger partial charge in [0.2, 0.25) is 0 Å².